The van der Waals surface area contributed by atoms with E-state index in [0.29, 0.717) is 25.7 Å². The van der Waals surface area contributed by atoms with Crippen molar-refractivity contribution in [1.82, 2.24) is 5.32 Å². The van der Waals surface area contributed by atoms with Crippen LogP contribution in [0.15, 0.2) is 71.8 Å². The van der Waals surface area contributed by atoms with Crippen LogP contribution in [0.5, 0.6) is 5.75 Å². The van der Waals surface area contributed by atoms with E-state index >= 15 is 0 Å². The molecule has 2 aromatic carbocycles. The van der Waals surface area contributed by atoms with Crippen LogP contribution in [0.25, 0.3) is 0 Å². The SMILES string of the molecule is CCCC[C@H](O)[C@H](O)/C=C/C1=C(\C[C@H](O)CO)[C@H]2NC[C@](C)(O)[C@H](c3ccc(O)cc3)C#C[C@H](C[C@H]2CCCC2(CC(=O)O)CCCC2)c2ccccc2CC1. The Morgan fingerprint density at radius 3 is 2.45 bits per heavy atom. The highest BCUT2D eigenvalue weighted by atomic mass is 16.4. The number of β-amino-alcohol motifs (C(OH)–C–C–N with tert-alkyl or cyclic N) is 1. The van der Waals surface area contributed by atoms with Gasteiger partial charge in [0.15, 0.2) is 0 Å². The van der Waals surface area contributed by atoms with E-state index in [1.165, 1.54) is 0 Å². The minimum atomic E-state index is -1.37. The minimum absolute atomic E-state index is 0.0610. The summed E-state index contributed by atoms with van der Waals surface area (Å²) >= 11 is 0. The molecule has 0 unspecified atom stereocenters. The summed E-state index contributed by atoms with van der Waals surface area (Å²) < 4.78 is 0. The fourth-order valence-corrected chi connectivity index (χ4v) is 9.55. The number of carbonyl (C=O) groups is 1. The van der Waals surface area contributed by atoms with Crippen LogP contribution in [0.4, 0.5) is 0 Å². The van der Waals surface area contributed by atoms with Gasteiger partial charge in [-0.3, -0.25) is 4.79 Å². The molecule has 2 aliphatic carbocycles. The molecule has 5 rings (SSSR count). The van der Waals surface area contributed by atoms with Gasteiger partial charge in [0, 0.05) is 18.5 Å². The first-order chi connectivity index (χ1) is 26.8. The van der Waals surface area contributed by atoms with E-state index in [1.807, 2.05) is 25.1 Å². The third-order valence-electron chi connectivity index (χ3n) is 12.7. The summed E-state index contributed by atoms with van der Waals surface area (Å²) in [5.41, 5.74) is 3.20. The molecule has 0 saturated heterocycles. The molecule has 2 bridgehead atoms. The lowest BCUT2D eigenvalue weighted by Crippen LogP contribution is -2.50. The molecule has 0 radical (unpaired) electrons. The Labute approximate surface area is 333 Å². The summed E-state index contributed by atoms with van der Waals surface area (Å²) in [5.74, 6) is 5.65. The number of aryl methyl sites for hydroxylation is 1. The van der Waals surface area contributed by atoms with Crippen LogP contribution < -0.4 is 5.32 Å². The predicted molar refractivity (Wildman–Crippen MR) is 219 cm³/mol. The topological polar surface area (TPSA) is 171 Å². The number of aliphatic carboxylic acids is 1. The Bertz CT molecular complexity index is 1700. The van der Waals surface area contributed by atoms with Crippen molar-refractivity contribution in [3.05, 3.63) is 88.5 Å². The third kappa shape index (κ3) is 11.6. The minimum Gasteiger partial charge on any atom is -0.508 e. The average Bonchev–Trinajstić information content (AvgIpc) is 3.63. The van der Waals surface area contributed by atoms with Crippen LogP contribution in [0.2, 0.25) is 0 Å². The van der Waals surface area contributed by atoms with Crippen LogP contribution in [-0.2, 0) is 11.2 Å². The summed E-state index contributed by atoms with van der Waals surface area (Å²) in [6.45, 7) is 3.52. The summed E-state index contributed by atoms with van der Waals surface area (Å²) in [4.78, 5) is 12.0. The van der Waals surface area contributed by atoms with E-state index in [9.17, 15) is 40.5 Å². The van der Waals surface area contributed by atoms with Gasteiger partial charge >= 0.3 is 5.97 Å². The number of allylic oxidation sites excluding steroid dienone is 2. The molecule has 0 amide bonds. The molecule has 1 fully saturated rings. The molecule has 9 heteroatoms. The standard InChI is InChI=1S/C47H65NO8/c1-3-4-13-42(52)43(53)23-19-33-15-14-32-10-5-6-12-39(32)35-18-22-41(34-16-20-37(50)21-17-34)46(2,56)31-48-45(40(33)28-38(51)30-49)36(27-35)11-9-26-47(29-44(54)55)24-7-8-25-47/h5-6,10,12,16-17,19-21,23,35-36,38,41-43,45,48-53,56H,3-4,7-9,11,13-15,24-31H2,1-2H3,(H,54,55)/b23-19+,40-33+/t35-,36-,38+,41+,42+,43-,45+,46+/m1/s1. The third-order valence-corrected chi connectivity index (χ3v) is 12.7. The Hall–Kier alpha value is -3.49. The zero-order valence-corrected chi connectivity index (χ0v) is 33.4. The monoisotopic (exact) mass is 771 g/mol. The number of fused-ring (bicyclic) bond motifs is 5. The summed E-state index contributed by atoms with van der Waals surface area (Å²) in [5, 5.41) is 79.3. The molecule has 1 aliphatic heterocycles. The van der Waals surface area contributed by atoms with Crippen LogP contribution >= 0.6 is 0 Å². The van der Waals surface area contributed by atoms with Gasteiger partial charge in [-0.25, -0.2) is 0 Å². The first-order valence-corrected chi connectivity index (χ1v) is 20.9. The number of phenols is 1. The molecule has 1 heterocycles. The van der Waals surface area contributed by atoms with Crippen molar-refractivity contribution in [2.24, 2.45) is 11.3 Å². The highest BCUT2D eigenvalue weighted by Gasteiger charge is 2.40. The van der Waals surface area contributed by atoms with Crippen molar-refractivity contribution >= 4 is 5.97 Å². The van der Waals surface area contributed by atoms with Gasteiger partial charge in [0.1, 0.15) is 5.75 Å². The van der Waals surface area contributed by atoms with E-state index in [1.54, 1.807) is 37.3 Å². The number of benzene rings is 2. The maximum Gasteiger partial charge on any atom is 0.303 e. The van der Waals surface area contributed by atoms with Crippen molar-refractivity contribution < 1.29 is 40.5 Å². The van der Waals surface area contributed by atoms with Gasteiger partial charge in [-0.2, -0.15) is 0 Å². The van der Waals surface area contributed by atoms with Gasteiger partial charge in [0.25, 0.3) is 0 Å². The normalized spacial score (nSPS) is 28.2. The lowest BCUT2D eigenvalue weighted by atomic mass is 9.72. The fourth-order valence-electron chi connectivity index (χ4n) is 9.55. The Morgan fingerprint density at radius 2 is 1.75 bits per heavy atom. The van der Waals surface area contributed by atoms with Crippen molar-refractivity contribution in [1.29, 1.82) is 0 Å². The smallest absolute Gasteiger partial charge is 0.303 e. The van der Waals surface area contributed by atoms with Gasteiger partial charge in [-0.1, -0.05) is 99.4 Å². The van der Waals surface area contributed by atoms with Crippen LogP contribution in [-0.4, -0.2) is 84.8 Å². The number of carboxylic acid groups (broad SMARTS) is 1. The Morgan fingerprint density at radius 1 is 1.02 bits per heavy atom. The number of rotatable bonds is 16. The lowest BCUT2D eigenvalue weighted by Gasteiger charge is -2.40. The molecular weight excluding hydrogens is 707 g/mol. The van der Waals surface area contributed by atoms with Crippen LogP contribution in [0.1, 0.15) is 132 Å². The zero-order chi connectivity index (χ0) is 40.3. The van der Waals surface area contributed by atoms with Crippen molar-refractivity contribution in [3.63, 3.8) is 0 Å². The van der Waals surface area contributed by atoms with Gasteiger partial charge in [0.05, 0.1) is 42.9 Å². The number of carboxylic acids is 1. The first-order valence-electron chi connectivity index (χ1n) is 20.9. The van der Waals surface area contributed by atoms with E-state index in [2.05, 4.69) is 29.3 Å². The maximum atomic E-state index is 12.3. The highest BCUT2D eigenvalue weighted by molar-refractivity contribution is 5.67. The van der Waals surface area contributed by atoms with Crippen molar-refractivity contribution in [2.75, 3.05) is 13.2 Å². The van der Waals surface area contributed by atoms with Crippen LogP contribution in [0.3, 0.4) is 0 Å². The molecule has 9 nitrogen and oxygen atoms in total. The van der Waals surface area contributed by atoms with E-state index in [0.717, 1.165) is 85.6 Å². The number of aliphatic hydroxyl groups is 5. The maximum absolute atomic E-state index is 12.3. The van der Waals surface area contributed by atoms with Gasteiger partial charge in [-0.15, -0.1) is 0 Å². The Balaban J connectivity index is 1.67. The average molecular weight is 772 g/mol. The number of nitrogens with one attached hydrogen (secondary N) is 1. The molecule has 306 valence electrons. The predicted octanol–water partition coefficient (Wildman–Crippen LogP) is 6.65. The lowest BCUT2D eigenvalue weighted by molar-refractivity contribution is -0.139. The largest absolute Gasteiger partial charge is 0.508 e. The second kappa shape index (κ2) is 20.3. The second-order valence-corrected chi connectivity index (χ2v) is 17.1. The number of unbranched alkanes of at least 4 members (excludes halogenated alkanes) is 1. The summed E-state index contributed by atoms with van der Waals surface area (Å²) in [6, 6.07) is 14.7. The molecule has 0 aromatic heterocycles. The van der Waals surface area contributed by atoms with E-state index in [-0.39, 0.29) is 48.4 Å². The van der Waals surface area contributed by atoms with Gasteiger partial charge in [-0.05, 0) is 116 Å². The molecule has 1 saturated carbocycles. The highest BCUT2D eigenvalue weighted by Crippen LogP contribution is 2.46. The fraction of sp³-hybridized carbons (Fsp3) is 0.596. The number of phenolic OH excluding ortho intramolecular Hbond substituents is 1. The van der Waals surface area contributed by atoms with E-state index < -0.39 is 42.4 Å². The Kier molecular flexibility index (Phi) is 15.8. The zero-order valence-electron chi connectivity index (χ0n) is 33.4. The molecule has 0 spiro atoms. The van der Waals surface area contributed by atoms with E-state index in [4.69, 9.17) is 0 Å². The van der Waals surface area contributed by atoms with Gasteiger partial charge < -0.3 is 41.1 Å². The quantitative estimate of drug-likeness (QED) is 0.0871. The number of hydrogen-bond acceptors (Lipinski definition) is 8. The molecule has 3 aliphatic rings. The first kappa shape index (κ1) is 43.6. The second-order valence-electron chi connectivity index (χ2n) is 17.1. The molecule has 8 N–H and O–H groups in total. The summed E-state index contributed by atoms with van der Waals surface area (Å²) in [7, 11) is 0. The molecule has 8 atom stereocenters. The number of aliphatic hydroxyl groups excluding tert-OH is 4. The summed E-state index contributed by atoms with van der Waals surface area (Å²) in [6.07, 6.45) is 11.1. The number of aromatic hydroxyl groups is 1. The number of hydrogen-bond donors (Lipinski definition) is 8. The van der Waals surface area contributed by atoms with Gasteiger partial charge in [0.2, 0.25) is 0 Å². The van der Waals surface area contributed by atoms with Crippen LogP contribution in [0, 0.1) is 23.2 Å². The molecular formula is C47H65NO8. The van der Waals surface area contributed by atoms with Crippen molar-refractivity contribution in [3.8, 4) is 17.6 Å². The van der Waals surface area contributed by atoms with Crippen molar-refractivity contribution in [2.45, 2.75) is 152 Å². The molecule has 56 heavy (non-hydrogen) atoms. The molecule has 2 aromatic rings.